The largest absolute Gasteiger partial charge is 0.385 e. The Hall–Kier alpha value is -0.380. The van der Waals surface area contributed by atoms with E-state index in [-0.39, 0.29) is 5.56 Å². The van der Waals surface area contributed by atoms with Crippen molar-refractivity contribution in [3.05, 3.63) is 35.4 Å². The summed E-state index contributed by atoms with van der Waals surface area (Å²) < 4.78 is 25.4. The molecule has 13 heavy (non-hydrogen) atoms. The summed E-state index contributed by atoms with van der Waals surface area (Å²) in [6, 6.07) is 2.79. The molecule has 72 valence electrons. The minimum absolute atomic E-state index is 0.114. The Bertz CT molecular complexity index is 304. The van der Waals surface area contributed by atoms with Crippen molar-refractivity contribution in [2.75, 3.05) is 0 Å². The Morgan fingerprint density at radius 1 is 1.23 bits per heavy atom. The summed E-state index contributed by atoms with van der Waals surface area (Å²) in [6.07, 6.45) is -1.34. The molecule has 0 heterocycles. The van der Waals surface area contributed by atoms with Crippen LogP contribution in [0.5, 0.6) is 0 Å². The van der Waals surface area contributed by atoms with Gasteiger partial charge < -0.3 is 5.11 Å². The predicted molar refractivity (Wildman–Crippen MR) is 46.8 cm³/mol. The zero-order chi connectivity index (χ0) is 10.0. The Morgan fingerprint density at radius 2 is 1.85 bits per heavy atom. The van der Waals surface area contributed by atoms with Crippen molar-refractivity contribution < 1.29 is 13.9 Å². The van der Waals surface area contributed by atoms with Crippen LogP contribution in [0, 0.1) is 11.6 Å². The second-order valence-corrected chi connectivity index (χ2v) is 3.61. The lowest BCUT2D eigenvalue weighted by molar-refractivity contribution is 0.187. The van der Waals surface area contributed by atoms with Crippen LogP contribution >= 0.6 is 23.2 Å². The van der Waals surface area contributed by atoms with Gasteiger partial charge in [0.05, 0.1) is 0 Å². The van der Waals surface area contributed by atoms with Crippen LogP contribution < -0.4 is 0 Å². The number of alkyl halides is 2. The summed E-state index contributed by atoms with van der Waals surface area (Å²) in [5.74, 6) is -1.58. The summed E-state index contributed by atoms with van der Waals surface area (Å²) in [4.78, 5) is -1.14. The molecule has 0 saturated heterocycles. The normalized spacial score (nSPS) is 13.4. The second-order valence-electron chi connectivity index (χ2n) is 2.45. The number of hydrogen-bond donors (Lipinski definition) is 1. The molecule has 1 rings (SSSR count). The van der Waals surface area contributed by atoms with E-state index in [1.807, 2.05) is 0 Å². The van der Waals surface area contributed by atoms with Crippen molar-refractivity contribution in [1.82, 2.24) is 0 Å². The first kappa shape index (κ1) is 10.7. The van der Waals surface area contributed by atoms with Gasteiger partial charge >= 0.3 is 0 Å². The van der Waals surface area contributed by atoms with Crippen molar-refractivity contribution in [2.24, 2.45) is 0 Å². The van der Waals surface area contributed by atoms with E-state index in [0.717, 1.165) is 12.1 Å². The average Bonchev–Trinajstić information content (AvgIpc) is 2.03. The van der Waals surface area contributed by atoms with Gasteiger partial charge in [-0.1, -0.05) is 6.07 Å². The summed E-state index contributed by atoms with van der Waals surface area (Å²) in [7, 11) is 0. The molecule has 0 aliphatic heterocycles. The third-order valence-electron chi connectivity index (χ3n) is 1.52. The first-order chi connectivity index (χ1) is 6.02. The summed E-state index contributed by atoms with van der Waals surface area (Å²) in [5, 5.41) is 9.24. The molecule has 1 unspecified atom stereocenters. The van der Waals surface area contributed by atoms with E-state index in [0.29, 0.717) is 6.07 Å². The smallest absolute Gasteiger partial charge is 0.137 e. The molecule has 0 fully saturated rings. The Kier molecular flexibility index (Phi) is 3.47. The predicted octanol–water partition coefficient (Wildman–Crippen LogP) is 2.80. The zero-order valence-electron chi connectivity index (χ0n) is 6.35. The first-order valence-corrected chi connectivity index (χ1v) is 4.31. The van der Waals surface area contributed by atoms with E-state index < -0.39 is 22.6 Å². The number of hydrogen-bond acceptors (Lipinski definition) is 1. The fourth-order valence-electron chi connectivity index (χ4n) is 0.877. The van der Waals surface area contributed by atoms with Gasteiger partial charge in [0, 0.05) is 11.6 Å². The van der Waals surface area contributed by atoms with Crippen LogP contribution in [0.15, 0.2) is 18.2 Å². The van der Waals surface area contributed by atoms with Gasteiger partial charge in [-0.2, -0.15) is 0 Å². The SMILES string of the molecule is OC(c1ccc(F)cc1F)C(Cl)Cl. The Labute approximate surface area is 83.9 Å². The molecule has 0 spiro atoms. The molecular formula is C8H6Cl2F2O. The molecule has 5 heteroatoms. The third kappa shape index (κ3) is 2.53. The average molecular weight is 227 g/mol. The van der Waals surface area contributed by atoms with Crippen molar-refractivity contribution in [3.63, 3.8) is 0 Å². The van der Waals surface area contributed by atoms with Crippen molar-refractivity contribution in [2.45, 2.75) is 10.9 Å². The minimum atomic E-state index is -1.34. The molecule has 0 aromatic heterocycles. The maximum absolute atomic E-state index is 12.9. The van der Waals surface area contributed by atoms with Gasteiger partial charge in [0.15, 0.2) is 0 Å². The van der Waals surface area contributed by atoms with Gasteiger partial charge in [0.2, 0.25) is 0 Å². The second kappa shape index (κ2) is 4.22. The summed E-state index contributed by atoms with van der Waals surface area (Å²) in [5.41, 5.74) is -0.114. The lowest BCUT2D eigenvalue weighted by Gasteiger charge is -2.11. The Balaban J connectivity index is 3.01. The molecule has 1 aromatic rings. The fourth-order valence-corrected chi connectivity index (χ4v) is 1.15. The topological polar surface area (TPSA) is 20.2 Å². The summed E-state index contributed by atoms with van der Waals surface area (Å²) >= 11 is 10.7. The summed E-state index contributed by atoms with van der Waals surface area (Å²) in [6.45, 7) is 0. The number of rotatable bonds is 2. The van der Waals surface area contributed by atoms with Gasteiger partial charge in [-0.15, -0.1) is 23.2 Å². The van der Waals surface area contributed by atoms with Crippen molar-refractivity contribution in [1.29, 1.82) is 0 Å². The van der Waals surface area contributed by atoms with E-state index in [2.05, 4.69) is 0 Å². The standard InChI is InChI=1S/C8H6Cl2F2O/c9-8(10)7(13)5-2-1-4(11)3-6(5)12/h1-3,7-8,13H. The van der Waals surface area contributed by atoms with Crippen LogP contribution in [-0.2, 0) is 0 Å². The molecule has 1 aromatic carbocycles. The van der Waals surface area contributed by atoms with Gasteiger partial charge in [-0.25, -0.2) is 8.78 Å². The maximum Gasteiger partial charge on any atom is 0.137 e. The fraction of sp³-hybridized carbons (Fsp3) is 0.250. The first-order valence-electron chi connectivity index (χ1n) is 3.43. The van der Waals surface area contributed by atoms with Crippen LogP contribution in [0.3, 0.4) is 0 Å². The molecule has 0 amide bonds. The van der Waals surface area contributed by atoms with E-state index >= 15 is 0 Å². The maximum atomic E-state index is 12.9. The van der Waals surface area contributed by atoms with Crippen LogP contribution in [-0.4, -0.2) is 9.94 Å². The van der Waals surface area contributed by atoms with Gasteiger partial charge in [0.1, 0.15) is 22.6 Å². The van der Waals surface area contributed by atoms with E-state index in [4.69, 9.17) is 23.2 Å². The minimum Gasteiger partial charge on any atom is -0.385 e. The number of aliphatic hydroxyl groups is 1. The highest BCUT2D eigenvalue weighted by molar-refractivity contribution is 6.44. The highest BCUT2D eigenvalue weighted by atomic mass is 35.5. The van der Waals surface area contributed by atoms with Crippen molar-refractivity contribution in [3.8, 4) is 0 Å². The number of benzene rings is 1. The lowest BCUT2D eigenvalue weighted by atomic mass is 10.1. The van der Waals surface area contributed by atoms with Crippen molar-refractivity contribution >= 4 is 23.2 Å². The zero-order valence-corrected chi connectivity index (χ0v) is 7.86. The lowest BCUT2D eigenvalue weighted by Crippen LogP contribution is -2.08. The molecule has 0 radical (unpaired) electrons. The third-order valence-corrected chi connectivity index (χ3v) is 2.00. The molecule has 1 atom stereocenters. The van der Waals surface area contributed by atoms with Crippen LogP contribution in [0.25, 0.3) is 0 Å². The van der Waals surface area contributed by atoms with Gasteiger partial charge in [0.25, 0.3) is 0 Å². The Morgan fingerprint density at radius 3 is 2.31 bits per heavy atom. The van der Waals surface area contributed by atoms with Crippen LogP contribution in [0.1, 0.15) is 11.7 Å². The number of halogens is 4. The van der Waals surface area contributed by atoms with E-state index in [1.54, 1.807) is 0 Å². The molecule has 0 aliphatic rings. The van der Waals surface area contributed by atoms with E-state index in [9.17, 15) is 13.9 Å². The highest BCUT2D eigenvalue weighted by Gasteiger charge is 2.19. The monoisotopic (exact) mass is 226 g/mol. The molecule has 1 nitrogen and oxygen atoms in total. The molecular weight excluding hydrogens is 221 g/mol. The quantitative estimate of drug-likeness (QED) is 0.770. The van der Waals surface area contributed by atoms with Gasteiger partial charge in [-0.3, -0.25) is 0 Å². The molecule has 0 bridgehead atoms. The van der Waals surface area contributed by atoms with E-state index in [1.165, 1.54) is 0 Å². The molecule has 0 aliphatic carbocycles. The van der Waals surface area contributed by atoms with Crippen LogP contribution in [0.4, 0.5) is 8.78 Å². The van der Waals surface area contributed by atoms with Gasteiger partial charge in [-0.05, 0) is 6.07 Å². The molecule has 0 saturated carbocycles. The van der Waals surface area contributed by atoms with Crippen LogP contribution in [0.2, 0.25) is 0 Å². The highest BCUT2D eigenvalue weighted by Crippen LogP contribution is 2.26. The number of aliphatic hydroxyl groups excluding tert-OH is 1. The molecule has 1 N–H and O–H groups in total.